The molecular formula is C20H27N5O2. The van der Waals surface area contributed by atoms with E-state index in [0.29, 0.717) is 5.92 Å². The number of hydrogen-bond donors (Lipinski definition) is 1. The van der Waals surface area contributed by atoms with E-state index < -0.39 is 5.60 Å². The molecule has 1 amide bonds. The zero-order valence-electron chi connectivity index (χ0n) is 16.2. The number of nitrogens with one attached hydrogen (secondary N) is 1. The van der Waals surface area contributed by atoms with Crippen LogP contribution in [0.15, 0.2) is 36.9 Å². The number of piperidine rings is 1. The van der Waals surface area contributed by atoms with Crippen molar-refractivity contribution in [2.75, 3.05) is 25.0 Å². The van der Waals surface area contributed by atoms with E-state index in [1.54, 1.807) is 29.7 Å². The molecule has 3 rings (SSSR count). The highest BCUT2D eigenvalue weighted by molar-refractivity contribution is 5.68. The number of hydrogen-bond acceptors (Lipinski definition) is 6. The lowest BCUT2D eigenvalue weighted by atomic mass is 9.97. The molecule has 1 aliphatic rings. The van der Waals surface area contributed by atoms with Gasteiger partial charge in [-0.2, -0.15) is 0 Å². The minimum absolute atomic E-state index is 0.216. The number of nitrogens with zero attached hydrogens (tertiary/aromatic N) is 4. The quantitative estimate of drug-likeness (QED) is 0.887. The van der Waals surface area contributed by atoms with Crippen molar-refractivity contribution in [3.8, 4) is 11.3 Å². The summed E-state index contributed by atoms with van der Waals surface area (Å²) in [5.74, 6) is 1.27. The number of anilines is 1. The van der Waals surface area contributed by atoms with Crippen molar-refractivity contribution in [3.63, 3.8) is 0 Å². The minimum Gasteiger partial charge on any atom is -0.444 e. The molecule has 0 radical (unpaired) electrons. The van der Waals surface area contributed by atoms with Gasteiger partial charge in [0, 0.05) is 37.6 Å². The molecule has 3 heterocycles. The van der Waals surface area contributed by atoms with Gasteiger partial charge in [-0.15, -0.1) is 0 Å². The fraction of sp³-hybridized carbons (Fsp3) is 0.500. The molecule has 0 aromatic carbocycles. The maximum absolute atomic E-state index is 12.1. The number of rotatable bonds is 4. The van der Waals surface area contributed by atoms with Gasteiger partial charge in [-0.3, -0.25) is 9.97 Å². The summed E-state index contributed by atoms with van der Waals surface area (Å²) in [6, 6.07) is 3.82. The average molecular weight is 369 g/mol. The van der Waals surface area contributed by atoms with Crippen molar-refractivity contribution in [2.24, 2.45) is 5.92 Å². The Labute approximate surface area is 160 Å². The predicted octanol–water partition coefficient (Wildman–Crippen LogP) is 3.60. The molecule has 144 valence electrons. The van der Waals surface area contributed by atoms with Crippen molar-refractivity contribution < 1.29 is 9.53 Å². The summed E-state index contributed by atoms with van der Waals surface area (Å²) in [4.78, 5) is 26.8. The van der Waals surface area contributed by atoms with Gasteiger partial charge in [0.05, 0.1) is 18.1 Å². The fourth-order valence-corrected chi connectivity index (χ4v) is 2.99. The highest BCUT2D eigenvalue weighted by Crippen LogP contribution is 2.20. The molecule has 1 saturated heterocycles. The first-order valence-corrected chi connectivity index (χ1v) is 9.35. The highest BCUT2D eigenvalue weighted by atomic mass is 16.6. The maximum atomic E-state index is 12.1. The van der Waals surface area contributed by atoms with Crippen LogP contribution in [0.4, 0.5) is 10.6 Å². The van der Waals surface area contributed by atoms with E-state index in [4.69, 9.17) is 4.74 Å². The lowest BCUT2D eigenvalue weighted by molar-refractivity contribution is 0.0188. The Hall–Kier alpha value is -2.70. The van der Waals surface area contributed by atoms with Gasteiger partial charge in [-0.25, -0.2) is 9.78 Å². The molecule has 27 heavy (non-hydrogen) atoms. The van der Waals surface area contributed by atoms with E-state index in [1.165, 1.54) is 0 Å². The highest BCUT2D eigenvalue weighted by Gasteiger charge is 2.26. The second kappa shape index (κ2) is 8.33. The van der Waals surface area contributed by atoms with Crippen molar-refractivity contribution in [1.82, 2.24) is 19.9 Å². The first-order chi connectivity index (χ1) is 12.9. The summed E-state index contributed by atoms with van der Waals surface area (Å²) in [6.45, 7) is 7.96. The lowest BCUT2D eigenvalue weighted by Gasteiger charge is -2.33. The molecule has 0 spiro atoms. The molecule has 2 aromatic heterocycles. The van der Waals surface area contributed by atoms with E-state index in [9.17, 15) is 4.79 Å². The van der Waals surface area contributed by atoms with Gasteiger partial charge in [0.1, 0.15) is 11.4 Å². The van der Waals surface area contributed by atoms with Crippen molar-refractivity contribution in [2.45, 2.75) is 39.2 Å². The molecule has 0 bridgehead atoms. The first kappa shape index (κ1) is 19.1. The van der Waals surface area contributed by atoms with Crippen LogP contribution in [0.2, 0.25) is 0 Å². The SMILES string of the molecule is CC(C)(C)OC(=O)N1CCC(CNc2cnc(-c3ccncc3)cn2)CC1. The Morgan fingerprint density at radius 2 is 1.89 bits per heavy atom. The largest absolute Gasteiger partial charge is 0.444 e. The van der Waals surface area contributed by atoms with Crippen LogP contribution in [0, 0.1) is 5.92 Å². The zero-order valence-corrected chi connectivity index (χ0v) is 16.2. The Morgan fingerprint density at radius 3 is 2.48 bits per heavy atom. The van der Waals surface area contributed by atoms with Crippen LogP contribution in [0.1, 0.15) is 33.6 Å². The minimum atomic E-state index is -0.448. The topological polar surface area (TPSA) is 80.2 Å². The van der Waals surface area contributed by atoms with Crippen LogP contribution in [-0.2, 0) is 4.74 Å². The van der Waals surface area contributed by atoms with Gasteiger partial charge < -0.3 is 15.0 Å². The van der Waals surface area contributed by atoms with Crippen LogP contribution >= 0.6 is 0 Å². The van der Waals surface area contributed by atoms with Crippen LogP contribution in [0.5, 0.6) is 0 Å². The first-order valence-electron chi connectivity index (χ1n) is 9.35. The predicted molar refractivity (Wildman–Crippen MR) is 104 cm³/mol. The van der Waals surface area contributed by atoms with Crippen LogP contribution < -0.4 is 5.32 Å². The molecule has 1 N–H and O–H groups in total. The number of pyridine rings is 1. The van der Waals surface area contributed by atoms with Gasteiger partial charge in [0.25, 0.3) is 0 Å². The summed E-state index contributed by atoms with van der Waals surface area (Å²) in [5, 5.41) is 3.35. The molecule has 0 aliphatic carbocycles. The molecule has 7 nitrogen and oxygen atoms in total. The van der Waals surface area contributed by atoms with Crippen molar-refractivity contribution >= 4 is 11.9 Å². The third kappa shape index (κ3) is 5.64. The Balaban J connectivity index is 1.44. The smallest absolute Gasteiger partial charge is 0.410 e. The Kier molecular flexibility index (Phi) is 5.88. The summed E-state index contributed by atoms with van der Waals surface area (Å²) in [7, 11) is 0. The molecule has 1 aliphatic heterocycles. The van der Waals surface area contributed by atoms with Crippen LogP contribution in [0.25, 0.3) is 11.3 Å². The molecule has 7 heteroatoms. The zero-order chi connectivity index (χ0) is 19.3. The van der Waals surface area contributed by atoms with Gasteiger partial charge in [0.2, 0.25) is 0 Å². The van der Waals surface area contributed by atoms with Gasteiger partial charge in [0.15, 0.2) is 0 Å². The van der Waals surface area contributed by atoms with Gasteiger partial charge >= 0.3 is 6.09 Å². The number of carbonyl (C=O) groups excluding carboxylic acids is 1. The van der Waals surface area contributed by atoms with Gasteiger partial charge in [-0.1, -0.05) is 0 Å². The molecule has 2 aromatic rings. The second-order valence-corrected chi connectivity index (χ2v) is 7.81. The normalized spacial score (nSPS) is 15.4. The number of ether oxygens (including phenoxy) is 1. The third-order valence-electron chi connectivity index (χ3n) is 4.47. The molecule has 0 saturated carbocycles. The molecular weight excluding hydrogens is 342 g/mol. The standard InChI is InChI=1S/C20H27N5O2/c1-20(2,3)27-19(26)25-10-6-15(7-11-25)12-23-18-14-22-17(13-24-18)16-4-8-21-9-5-16/h4-5,8-9,13-15H,6-7,10-12H2,1-3H3,(H,23,24). The van der Waals surface area contributed by atoms with E-state index in [-0.39, 0.29) is 6.09 Å². The van der Waals surface area contributed by atoms with E-state index in [0.717, 1.165) is 49.6 Å². The number of likely N-dealkylation sites (tertiary alicyclic amines) is 1. The average Bonchev–Trinajstić information content (AvgIpc) is 2.66. The van der Waals surface area contributed by atoms with E-state index in [1.807, 2.05) is 32.9 Å². The maximum Gasteiger partial charge on any atom is 0.410 e. The summed E-state index contributed by atoms with van der Waals surface area (Å²) < 4.78 is 5.44. The molecule has 0 unspecified atom stereocenters. The Bertz CT molecular complexity index is 735. The number of amides is 1. The van der Waals surface area contributed by atoms with E-state index in [2.05, 4.69) is 20.3 Å². The second-order valence-electron chi connectivity index (χ2n) is 7.81. The van der Waals surface area contributed by atoms with Crippen molar-refractivity contribution in [3.05, 3.63) is 36.9 Å². The summed E-state index contributed by atoms with van der Waals surface area (Å²) in [6.07, 6.45) is 8.70. The molecule has 0 atom stereocenters. The molecule has 1 fully saturated rings. The summed E-state index contributed by atoms with van der Waals surface area (Å²) >= 11 is 0. The monoisotopic (exact) mass is 369 g/mol. The number of aromatic nitrogens is 3. The van der Waals surface area contributed by atoms with Crippen molar-refractivity contribution in [1.29, 1.82) is 0 Å². The Morgan fingerprint density at radius 1 is 1.19 bits per heavy atom. The number of carbonyl (C=O) groups is 1. The lowest BCUT2D eigenvalue weighted by Crippen LogP contribution is -2.42. The van der Waals surface area contributed by atoms with Gasteiger partial charge in [-0.05, 0) is 51.7 Å². The van der Waals surface area contributed by atoms with E-state index >= 15 is 0 Å². The fourth-order valence-electron chi connectivity index (χ4n) is 2.99. The third-order valence-corrected chi connectivity index (χ3v) is 4.47. The summed E-state index contributed by atoms with van der Waals surface area (Å²) in [5.41, 5.74) is 1.38. The van der Waals surface area contributed by atoms with Crippen LogP contribution in [0.3, 0.4) is 0 Å². The van der Waals surface area contributed by atoms with Crippen LogP contribution in [-0.4, -0.2) is 51.2 Å².